The van der Waals surface area contributed by atoms with Gasteiger partial charge in [0, 0.05) is 18.7 Å². The third-order valence-corrected chi connectivity index (χ3v) is 3.35. The number of nitrogens with two attached hydrogens (primary N) is 1. The van der Waals surface area contributed by atoms with E-state index < -0.39 is 5.91 Å². The highest BCUT2D eigenvalue weighted by Gasteiger charge is 2.20. The highest BCUT2D eigenvalue weighted by Crippen LogP contribution is 2.10. The van der Waals surface area contributed by atoms with Crippen LogP contribution in [0.15, 0.2) is 24.3 Å². The van der Waals surface area contributed by atoms with Crippen LogP contribution in [0.5, 0.6) is 0 Å². The Morgan fingerprint density at radius 1 is 1.42 bits per heavy atom. The average Bonchev–Trinajstić information content (AvgIpc) is 2.46. The van der Waals surface area contributed by atoms with Crippen LogP contribution in [0, 0.1) is 5.92 Å². The molecule has 1 atom stereocenters. The third-order valence-electron chi connectivity index (χ3n) is 3.35. The lowest BCUT2D eigenvalue weighted by Gasteiger charge is -2.21. The molecule has 5 nitrogen and oxygen atoms in total. The van der Waals surface area contributed by atoms with Crippen LogP contribution in [-0.4, -0.2) is 24.9 Å². The lowest BCUT2D eigenvalue weighted by molar-refractivity contribution is -0.125. The second-order valence-electron chi connectivity index (χ2n) is 4.83. The maximum Gasteiger partial charge on any atom is 0.248 e. The van der Waals surface area contributed by atoms with Gasteiger partial charge in [-0.05, 0) is 37.1 Å². The van der Waals surface area contributed by atoms with Crippen LogP contribution in [0.4, 0.5) is 0 Å². The van der Waals surface area contributed by atoms with Crippen molar-refractivity contribution < 1.29 is 9.59 Å². The molecule has 2 rings (SSSR count). The minimum absolute atomic E-state index is 0.0491. The summed E-state index contributed by atoms with van der Waals surface area (Å²) in [6.07, 6.45) is 1.97. The van der Waals surface area contributed by atoms with Gasteiger partial charge in [0.1, 0.15) is 0 Å². The first kappa shape index (κ1) is 13.5. The summed E-state index contributed by atoms with van der Waals surface area (Å²) in [5.41, 5.74) is 6.57. The number of piperidine rings is 1. The second-order valence-corrected chi connectivity index (χ2v) is 4.83. The molecule has 1 fully saturated rings. The van der Waals surface area contributed by atoms with Crippen LogP contribution in [0.2, 0.25) is 0 Å². The van der Waals surface area contributed by atoms with Crippen molar-refractivity contribution in [3.8, 4) is 0 Å². The van der Waals surface area contributed by atoms with Crippen molar-refractivity contribution in [2.24, 2.45) is 11.7 Å². The molecule has 1 aromatic rings. The minimum Gasteiger partial charge on any atom is -0.366 e. The highest BCUT2D eigenvalue weighted by molar-refractivity contribution is 5.92. The molecular formula is C14H19N3O2. The van der Waals surface area contributed by atoms with Crippen LogP contribution >= 0.6 is 0 Å². The van der Waals surface area contributed by atoms with Crippen molar-refractivity contribution >= 4 is 11.8 Å². The zero-order chi connectivity index (χ0) is 13.7. The Morgan fingerprint density at radius 3 is 2.95 bits per heavy atom. The van der Waals surface area contributed by atoms with Gasteiger partial charge in [-0.25, -0.2) is 0 Å². The fourth-order valence-corrected chi connectivity index (χ4v) is 2.24. The van der Waals surface area contributed by atoms with E-state index in [0.717, 1.165) is 31.5 Å². The molecule has 4 N–H and O–H groups in total. The van der Waals surface area contributed by atoms with Gasteiger partial charge >= 0.3 is 0 Å². The number of rotatable bonds is 4. The Bertz CT molecular complexity index is 468. The first-order valence-electron chi connectivity index (χ1n) is 6.54. The van der Waals surface area contributed by atoms with Crippen molar-refractivity contribution in [2.45, 2.75) is 19.4 Å². The third kappa shape index (κ3) is 3.79. The standard InChI is InChI=1S/C14H19N3O2/c15-13(18)11-4-1-3-10(7-11)8-17-14(19)12-5-2-6-16-9-12/h1,3-4,7,12,16H,2,5-6,8-9H2,(H2,15,18)(H,17,19)/t12-/m1/s1. The van der Waals surface area contributed by atoms with E-state index in [2.05, 4.69) is 10.6 Å². The van der Waals surface area contributed by atoms with Crippen molar-refractivity contribution in [3.05, 3.63) is 35.4 Å². The van der Waals surface area contributed by atoms with Crippen molar-refractivity contribution in [2.75, 3.05) is 13.1 Å². The minimum atomic E-state index is -0.454. The first-order chi connectivity index (χ1) is 9.16. The number of carbonyl (C=O) groups excluding carboxylic acids is 2. The molecule has 19 heavy (non-hydrogen) atoms. The number of carbonyl (C=O) groups is 2. The molecule has 0 saturated carbocycles. The van der Waals surface area contributed by atoms with Gasteiger partial charge in [0.05, 0.1) is 5.92 Å². The largest absolute Gasteiger partial charge is 0.366 e. The van der Waals surface area contributed by atoms with E-state index in [1.807, 2.05) is 6.07 Å². The Kier molecular flexibility index (Phi) is 4.52. The van der Waals surface area contributed by atoms with Gasteiger partial charge in [0.2, 0.25) is 11.8 Å². The van der Waals surface area contributed by atoms with E-state index in [0.29, 0.717) is 12.1 Å². The molecule has 0 unspecified atom stereocenters. The van der Waals surface area contributed by atoms with Crippen LogP contribution in [0.3, 0.4) is 0 Å². The number of hydrogen-bond donors (Lipinski definition) is 3. The van der Waals surface area contributed by atoms with E-state index in [9.17, 15) is 9.59 Å². The number of amides is 2. The topological polar surface area (TPSA) is 84.2 Å². The summed E-state index contributed by atoms with van der Waals surface area (Å²) in [5, 5.41) is 6.12. The molecule has 1 aliphatic rings. The fraction of sp³-hybridized carbons (Fsp3) is 0.429. The number of nitrogens with one attached hydrogen (secondary N) is 2. The van der Waals surface area contributed by atoms with Crippen LogP contribution in [-0.2, 0) is 11.3 Å². The number of benzene rings is 1. The SMILES string of the molecule is NC(=O)c1cccc(CNC(=O)[C@@H]2CCCNC2)c1. The van der Waals surface area contributed by atoms with E-state index in [1.54, 1.807) is 18.2 Å². The molecular weight excluding hydrogens is 242 g/mol. The predicted molar refractivity (Wildman–Crippen MR) is 72.4 cm³/mol. The maximum atomic E-state index is 11.9. The Balaban J connectivity index is 1.89. The molecule has 1 aromatic carbocycles. The molecule has 1 aliphatic heterocycles. The summed E-state index contributed by atoms with van der Waals surface area (Å²) >= 11 is 0. The Morgan fingerprint density at radius 2 is 2.26 bits per heavy atom. The Labute approximate surface area is 112 Å². The average molecular weight is 261 g/mol. The van der Waals surface area contributed by atoms with Crippen LogP contribution < -0.4 is 16.4 Å². The Hall–Kier alpha value is -1.88. The lowest BCUT2D eigenvalue weighted by Crippen LogP contribution is -2.40. The monoisotopic (exact) mass is 261 g/mol. The molecule has 0 radical (unpaired) electrons. The highest BCUT2D eigenvalue weighted by atomic mass is 16.2. The van der Waals surface area contributed by atoms with Crippen molar-refractivity contribution in [3.63, 3.8) is 0 Å². The quantitative estimate of drug-likeness (QED) is 0.733. The zero-order valence-electron chi connectivity index (χ0n) is 10.8. The van der Waals surface area contributed by atoms with Gasteiger partial charge in [-0.15, -0.1) is 0 Å². The normalized spacial score (nSPS) is 18.8. The van der Waals surface area contributed by atoms with Gasteiger partial charge in [0.25, 0.3) is 0 Å². The zero-order valence-corrected chi connectivity index (χ0v) is 10.8. The van der Waals surface area contributed by atoms with Gasteiger partial charge < -0.3 is 16.4 Å². The van der Waals surface area contributed by atoms with Gasteiger partial charge in [-0.3, -0.25) is 9.59 Å². The van der Waals surface area contributed by atoms with Gasteiger partial charge in [0.15, 0.2) is 0 Å². The smallest absolute Gasteiger partial charge is 0.248 e. The molecule has 5 heteroatoms. The summed E-state index contributed by atoms with van der Waals surface area (Å²) in [4.78, 5) is 23.0. The number of primary amides is 1. The van der Waals surface area contributed by atoms with Gasteiger partial charge in [-0.2, -0.15) is 0 Å². The number of hydrogen-bond acceptors (Lipinski definition) is 3. The summed E-state index contributed by atoms with van der Waals surface area (Å²) in [5.74, 6) is -0.339. The molecule has 0 aliphatic carbocycles. The van der Waals surface area contributed by atoms with Crippen LogP contribution in [0.25, 0.3) is 0 Å². The first-order valence-corrected chi connectivity index (χ1v) is 6.54. The molecule has 0 aromatic heterocycles. The maximum absolute atomic E-state index is 11.9. The molecule has 2 amide bonds. The van der Waals surface area contributed by atoms with E-state index in [1.165, 1.54) is 0 Å². The van der Waals surface area contributed by atoms with Gasteiger partial charge in [-0.1, -0.05) is 12.1 Å². The summed E-state index contributed by atoms with van der Waals surface area (Å²) in [7, 11) is 0. The van der Waals surface area contributed by atoms with Crippen molar-refractivity contribution in [1.82, 2.24) is 10.6 Å². The fourth-order valence-electron chi connectivity index (χ4n) is 2.24. The predicted octanol–water partition coefficient (Wildman–Crippen LogP) is 0.401. The van der Waals surface area contributed by atoms with Crippen molar-refractivity contribution in [1.29, 1.82) is 0 Å². The molecule has 1 saturated heterocycles. The van der Waals surface area contributed by atoms with E-state index in [4.69, 9.17) is 5.73 Å². The second kappa shape index (κ2) is 6.33. The summed E-state index contributed by atoms with van der Waals surface area (Å²) in [6.45, 7) is 2.16. The van der Waals surface area contributed by atoms with Crippen LogP contribution in [0.1, 0.15) is 28.8 Å². The van der Waals surface area contributed by atoms with E-state index >= 15 is 0 Å². The molecule has 102 valence electrons. The summed E-state index contributed by atoms with van der Waals surface area (Å²) in [6, 6.07) is 7.01. The molecule has 0 bridgehead atoms. The molecule has 1 heterocycles. The summed E-state index contributed by atoms with van der Waals surface area (Å²) < 4.78 is 0. The lowest BCUT2D eigenvalue weighted by atomic mass is 9.99. The van der Waals surface area contributed by atoms with E-state index in [-0.39, 0.29) is 11.8 Å². The molecule has 0 spiro atoms.